The van der Waals surface area contributed by atoms with Crippen molar-refractivity contribution in [3.8, 4) is 0 Å². The highest BCUT2D eigenvalue weighted by atomic mass is 31.2. The van der Waals surface area contributed by atoms with E-state index in [9.17, 15) is 0 Å². The SMILES string of the molecule is C1CCC([P+](C2CCCCC2)(C2CCCCC2)C2CC2)CC1. The van der Waals surface area contributed by atoms with Crippen LogP contribution in [0.25, 0.3) is 0 Å². The maximum absolute atomic E-state index is 1.65. The highest BCUT2D eigenvalue weighted by Crippen LogP contribution is 2.84. The third kappa shape index (κ3) is 2.92. The van der Waals surface area contributed by atoms with Crippen LogP contribution in [0.2, 0.25) is 0 Å². The Bertz CT molecular complexity index is 295. The van der Waals surface area contributed by atoms with Gasteiger partial charge in [0.2, 0.25) is 0 Å². The first kappa shape index (κ1) is 15.9. The van der Waals surface area contributed by atoms with Gasteiger partial charge in [0.1, 0.15) is 0 Å². The van der Waals surface area contributed by atoms with Crippen LogP contribution in [0.5, 0.6) is 0 Å². The van der Waals surface area contributed by atoms with Crippen molar-refractivity contribution in [2.45, 2.75) is 132 Å². The van der Waals surface area contributed by atoms with E-state index in [0.717, 1.165) is 0 Å². The van der Waals surface area contributed by atoms with Crippen molar-refractivity contribution < 1.29 is 0 Å². The highest BCUT2D eigenvalue weighted by molar-refractivity contribution is 7.78. The molecular formula is C21H38P+. The van der Waals surface area contributed by atoms with Crippen LogP contribution in [0.1, 0.15) is 109 Å². The molecule has 0 bridgehead atoms. The van der Waals surface area contributed by atoms with E-state index in [1.807, 2.05) is 0 Å². The summed E-state index contributed by atoms with van der Waals surface area (Å²) in [6.45, 7) is 0. The summed E-state index contributed by atoms with van der Waals surface area (Å²) in [4.78, 5) is 0. The summed E-state index contributed by atoms with van der Waals surface area (Å²) >= 11 is 0. The van der Waals surface area contributed by atoms with Crippen molar-refractivity contribution in [2.75, 3.05) is 0 Å². The molecule has 4 fully saturated rings. The third-order valence-electron chi connectivity index (χ3n) is 7.80. The van der Waals surface area contributed by atoms with Gasteiger partial charge in [-0.05, 0) is 89.9 Å². The van der Waals surface area contributed by atoms with Gasteiger partial charge < -0.3 is 0 Å². The van der Waals surface area contributed by atoms with E-state index in [4.69, 9.17) is 0 Å². The van der Waals surface area contributed by atoms with Crippen LogP contribution in [-0.2, 0) is 0 Å². The lowest BCUT2D eigenvalue weighted by Crippen LogP contribution is -2.38. The van der Waals surface area contributed by atoms with Gasteiger partial charge in [0.25, 0.3) is 0 Å². The average molecular weight is 322 g/mol. The van der Waals surface area contributed by atoms with Gasteiger partial charge in [0.05, 0.1) is 22.6 Å². The second-order valence-corrected chi connectivity index (χ2v) is 13.7. The maximum Gasteiger partial charge on any atom is 0.0708 e. The van der Waals surface area contributed by atoms with E-state index in [1.54, 1.807) is 109 Å². The van der Waals surface area contributed by atoms with Crippen LogP contribution in [0, 0.1) is 0 Å². The summed E-state index contributed by atoms with van der Waals surface area (Å²) in [5, 5.41) is 0. The Balaban J connectivity index is 1.66. The zero-order valence-corrected chi connectivity index (χ0v) is 15.7. The zero-order chi connectivity index (χ0) is 14.8. The Hall–Kier alpha value is 0.430. The van der Waals surface area contributed by atoms with Crippen molar-refractivity contribution in [3.05, 3.63) is 0 Å². The van der Waals surface area contributed by atoms with E-state index in [2.05, 4.69) is 0 Å². The molecule has 0 radical (unpaired) electrons. The van der Waals surface area contributed by atoms with Gasteiger partial charge >= 0.3 is 0 Å². The van der Waals surface area contributed by atoms with Crippen LogP contribution in [-0.4, -0.2) is 22.6 Å². The van der Waals surface area contributed by atoms with Crippen LogP contribution < -0.4 is 0 Å². The lowest BCUT2D eigenvalue weighted by Gasteiger charge is -2.49. The van der Waals surface area contributed by atoms with Gasteiger partial charge in [-0.2, -0.15) is 0 Å². The normalized spacial score (nSPS) is 30.5. The largest absolute Gasteiger partial charge is 0.0708 e. The van der Waals surface area contributed by atoms with Gasteiger partial charge in [0.15, 0.2) is 0 Å². The van der Waals surface area contributed by atoms with E-state index in [1.165, 1.54) is 22.6 Å². The molecule has 1 heteroatoms. The van der Waals surface area contributed by atoms with E-state index in [-0.39, 0.29) is 0 Å². The Kier molecular flexibility index (Phi) is 5.16. The van der Waals surface area contributed by atoms with Crippen molar-refractivity contribution in [2.24, 2.45) is 0 Å². The minimum atomic E-state index is -0.683. The lowest BCUT2D eigenvalue weighted by atomic mass is 9.99. The summed E-state index contributed by atoms with van der Waals surface area (Å²) in [6.07, 6.45) is 27.3. The summed E-state index contributed by atoms with van der Waals surface area (Å²) in [5.41, 5.74) is 4.97. The molecule has 0 aliphatic heterocycles. The third-order valence-corrected chi connectivity index (χ3v) is 14.9. The van der Waals surface area contributed by atoms with E-state index in [0.29, 0.717) is 0 Å². The van der Waals surface area contributed by atoms with Crippen molar-refractivity contribution in [1.29, 1.82) is 0 Å². The Morgan fingerprint density at radius 1 is 0.318 bits per heavy atom. The molecule has 126 valence electrons. The number of hydrogen-bond acceptors (Lipinski definition) is 0. The van der Waals surface area contributed by atoms with E-state index >= 15 is 0 Å². The summed E-state index contributed by atoms with van der Waals surface area (Å²) < 4.78 is 0. The number of rotatable bonds is 4. The molecule has 0 heterocycles. The first-order valence-electron chi connectivity index (χ1n) is 10.8. The standard InChI is InChI=1S/C21H38P/c1-4-10-18(11-5-1)22(21-16-17-21,19-12-6-2-7-13-19)20-14-8-3-9-15-20/h18-21H,1-17H2/q+1. The molecule has 0 aromatic carbocycles. The molecule has 0 saturated heterocycles. The molecule has 4 aliphatic rings. The highest BCUT2D eigenvalue weighted by Gasteiger charge is 2.64. The fraction of sp³-hybridized carbons (Fsp3) is 1.00. The monoisotopic (exact) mass is 321 g/mol. The lowest BCUT2D eigenvalue weighted by molar-refractivity contribution is 0.450. The number of hydrogen-bond donors (Lipinski definition) is 0. The molecule has 4 rings (SSSR count). The first-order valence-corrected chi connectivity index (χ1v) is 12.9. The summed E-state index contributed by atoms with van der Waals surface area (Å²) in [6, 6.07) is 0. The van der Waals surface area contributed by atoms with Crippen molar-refractivity contribution >= 4 is 7.26 Å². The Labute approximate surface area is 139 Å². The first-order chi connectivity index (χ1) is 10.9. The van der Waals surface area contributed by atoms with Crippen molar-refractivity contribution in [3.63, 3.8) is 0 Å². The molecule has 4 saturated carbocycles. The molecule has 0 aromatic rings. The topological polar surface area (TPSA) is 0 Å². The zero-order valence-electron chi connectivity index (χ0n) is 14.8. The van der Waals surface area contributed by atoms with Crippen LogP contribution >= 0.6 is 7.26 Å². The fourth-order valence-corrected chi connectivity index (χ4v) is 15.3. The minimum Gasteiger partial charge on any atom is -0.0530 e. The molecule has 22 heavy (non-hydrogen) atoms. The molecule has 0 nitrogen and oxygen atoms in total. The van der Waals surface area contributed by atoms with Gasteiger partial charge in [-0.15, -0.1) is 0 Å². The smallest absolute Gasteiger partial charge is 0.0530 e. The minimum absolute atomic E-state index is 0.683. The maximum atomic E-state index is 1.65. The van der Waals surface area contributed by atoms with Gasteiger partial charge in [0, 0.05) is 7.26 Å². The second kappa shape index (κ2) is 7.13. The predicted molar refractivity (Wildman–Crippen MR) is 101 cm³/mol. The Morgan fingerprint density at radius 2 is 0.591 bits per heavy atom. The summed E-state index contributed by atoms with van der Waals surface area (Å²) in [5.74, 6) is 0. The fourth-order valence-electron chi connectivity index (χ4n) is 6.90. The molecule has 0 amide bonds. The van der Waals surface area contributed by atoms with Gasteiger partial charge in [-0.3, -0.25) is 0 Å². The quantitative estimate of drug-likeness (QED) is 0.482. The van der Waals surface area contributed by atoms with Gasteiger partial charge in [-0.1, -0.05) is 19.3 Å². The molecule has 0 atom stereocenters. The molecule has 0 unspecified atom stereocenters. The Morgan fingerprint density at radius 3 is 0.864 bits per heavy atom. The van der Waals surface area contributed by atoms with Crippen LogP contribution in [0.4, 0.5) is 0 Å². The van der Waals surface area contributed by atoms with Crippen LogP contribution in [0.15, 0.2) is 0 Å². The molecule has 0 spiro atoms. The van der Waals surface area contributed by atoms with Gasteiger partial charge in [-0.25, -0.2) is 0 Å². The van der Waals surface area contributed by atoms with E-state index < -0.39 is 7.26 Å². The van der Waals surface area contributed by atoms with Crippen molar-refractivity contribution in [1.82, 2.24) is 0 Å². The average Bonchev–Trinajstić information content (AvgIpc) is 3.44. The summed E-state index contributed by atoms with van der Waals surface area (Å²) in [7, 11) is -0.683. The molecule has 0 N–H and O–H groups in total. The van der Waals surface area contributed by atoms with Crippen LogP contribution in [0.3, 0.4) is 0 Å². The second-order valence-electron chi connectivity index (χ2n) is 9.00. The molecule has 0 aromatic heterocycles. The predicted octanol–water partition coefficient (Wildman–Crippen LogP) is 7.16. The molecule has 4 aliphatic carbocycles. The molecular weight excluding hydrogens is 283 g/mol.